The average Bonchev–Trinajstić information content (AvgIpc) is 2.83. The third-order valence-corrected chi connectivity index (χ3v) is 6.24. The summed E-state index contributed by atoms with van der Waals surface area (Å²) < 4.78 is 49.8. The second-order valence-corrected chi connectivity index (χ2v) is 9.68. The molecule has 2 rings (SSSR count). The molecule has 41 heavy (non-hydrogen) atoms. The van der Waals surface area contributed by atoms with Crippen molar-refractivity contribution < 1.29 is 71.4 Å². The minimum Gasteiger partial charge on any atom is -0.456 e. The van der Waals surface area contributed by atoms with E-state index in [1.807, 2.05) is 0 Å². The van der Waals surface area contributed by atoms with E-state index in [9.17, 15) is 28.8 Å². The van der Waals surface area contributed by atoms with Crippen LogP contribution in [-0.4, -0.2) is 104 Å². The van der Waals surface area contributed by atoms with Gasteiger partial charge in [-0.3, -0.25) is 28.8 Å². The van der Waals surface area contributed by atoms with Gasteiger partial charge in [-0.2, -0.15) is 0 Å². The first-order valence-electron chi connectivity index (χ1n) is 13.0. The van der Waals surface area contributed by atoms with E-state index in [0.717, 1.165) is 34.6 Å². The number of rotatable bonds is 10. The predicted octanol–water partition coefficient (Wildman–Crippen LogP) is 0.515. The Morgan fingerprint density at radius 2 is 0.805 bits per heavy atom. The maximum atomic E-state index is 12.0. The highest BCUT2D eigenvalue weighted by atomic mass is 16.7. The number of methoxy groups -OCH3 is 1. The Bertz CT molecular complexity index is 980. The fraction of sp³-hybridized carbons (Fsp3) is 0.769. The summed E-state index contributed by atoms with van der Waals surface area (Å²) in [6.07, 6.45) is -11.0. The first-order chi connectivity index (χ1) is 19.1. The minimum absolute atomic E-state index is 0.0442. The topological polar surface area (TPSA) is 185 Å². The molecule has 0 aromatic rings. The monoisotopic (exact) mass is 590 g/mol. The van der Waals surface area contributed by atoms with E-state index in [1.165, 1.54) is 14.0 Å². The Labute approximate surface area is 237 Å². The summed E-state index contributed by atoms with van der Waals surface area (Å²) in [7, 11) is 1.29. The summed E-state index contributed by atoms with van der Waals surface area (Å²) >= 11 is 0. The van der Waals surface area contributed by atoms with Crippen LogP contribution in [0.4, 0.5) is 0 Å². The van der Waals surface area contributed by atoms with Crippen LogP contribution >= 0.6 is 0 Å². The maximum absolute atomic E-state index is 12.0. The first-order valence-corrected chi connectivity index (χ1v) is 13.0. The van der Waals surface area contributed by atoms with Crippen LogP contribution in [0, 0.1) is 0 Å². The van der Waals surface area contributed by atoms with E-state index in [-0.39, 0.29) is 12.8 Å². The largest absolute Gasteiger partial charge is 0.456 e. The number of hydrogen-bond donors (Lipinski definition) is 0. The lowest BCUT2D eigenvalue weighted by atomic mass is 9.89. The average molecular weight is 591 g/mol. The zero-order valence-electron chi connectivity index (χ0n) is 24.3. The van der Waals surface area contributed by atoms with E-state index in [4.69, 9.17) is 42.6 Å². The molecule has 0 aromatic heterocycles. The molecule has 0 spiro atoms. The molecular weight excluding hydrogens is 552 g/mol. The first kappa shape index (κ1) is 33.9. The Hall–Kier alpha value is -3.30. The summed E-state index contributed by atoms with van der Waals surface area (Å²) in [5.41, 5.74) is 0. The fourth-order valence-corrected chi connectivity index (χ4v) is 4.95. The van der Waals surface area contributed by atoms with Crippen molar-refractivity contribution in [1.82, 2.24) is 0 Å². The van der Waals surface area contributed by atoms with Crippen molar-refractivity contribution >= 4 is 35.8 Å². The highest BCUT2D eigenvalue weighted by Gasteiger charge is 2.54. The number of hydrogen-bond acceptors (Lipinski definition) is 15. The minimum atomic E-state index is -1.29. The van der Waals surface area contributed by atoms with Crippen LogP contribution in [0.2, 0.25) is 0 Å². The van der Waals surface area contributed by atoms with Crippen LogP contribution in [0.25, 0.3) is 0 Å². The quantitative estimate of drug-likeness (QED) is 0.253. The second-order valence-electron chi connectivity index (χ2n) is 9.68. The predicted molar refractivity (Wildman–Crippen MR) is 133 cm³/mol. The van der Waals surface area contributed by atoms with Gasteiger partial charge in [0.1, 0.15) is 6.10 Å². The zero-order valence-corrected chi connectivity index (χ0v) is 24.3. The molecule has 10 atom stereocenters. The van der Waals surface area contributed by atoms with Crippen LogP contribution < -0.4 is 0 Å². The Balaban J connectivity index is 2.41. The molecule has 232 valence electrons. The van der Waals surface area contributed by atoms with Crippen molar-refractivity contribution in [3.05, 3.63) is 0 Å². The molecule has 2 aliphatic heterocycles. The lowest BCUT2D eigenvalue weighted by Crippen LogP contribution is -2.62. The normalized spacial score (nSPS) is 33.1. The van der Waals surface area contributed by atoms with Gasteiger partial charge < -0.3 is 42.6 Å². The van der Waals surface area contributed by atoms with Gasteiger partial charge in [-0.15, -0.1) is 0 Å². The molecule has 15 heteroatoms. The standard InChI is InChI=1S/C26H38O15/c1-11-20(35-12(2)27)23(38-15(5)30)21(36-13(3)28)18(34-11)9-10-19-22(37-14(4)29)24(39-16(6)31)25(40-17(7)32)26(33-8)41-19/h11,18-26H,9-10H2,1-8H3/t11-,18-,19+,20+,21+,22+,23+,24-,25+,26-/m0/s1. The lowest BCUT2D eigenvalue weighted by molar-refractivity contribution is -0.300. The van der Waals surface area contributed by atoms with Crippen molar-refractivity contribution in [3.63, 3.8) is 0 Å². The lowest BCUT2D eigenvalue weighted by Gasteiger charge is -2.46. The molecule has 0 unspecified atom stereocenters. The van der Waals surface area contributed by atoms with Crippen molar-refractivity contribution in [2.75, 3.05) is 7.11 Å². The third-order valence-electron chi connectivity index (χ3n) is 6.24. The van der Waals surface area contributed by atoms with Crippen molar-refractivity contribution in [2.24, 2.45) is 0 Å². The van der Waals surface area contributed by atoms with E-state index >= 15 is 0 Å². The van der Waals surface area contributed by atoms with Crippen LogP contribution in [0.15, 0.2) is 0 Å². The molecule has 0 bridgehead atoms. The van der Waals surface area contributed by atoms with Gasteiger partial charge in [0.2, 0.25) is 0 Å². The summed E-state index contributed by atoms with van der Waals surface area (Å²) in [5.74, 6) is -4.25. The summed E-state index contributed by atoms with van der Waals surface area (Å²) in [5, 5.41) is 0. The van der Waals surface area contributed by atoms with Crippen LogP contribution in [0.1, 0.15) is 61.3 Å². The fourth-order valence-electron chi connectivity index (χ4n) is 4.95. The van der Waals surface area contributed by atoms with Gasteiger partial charge in [-0.1, -0.05) is 0 Å². The highest BCUT2D eigenvalue weighted by Crippen LogP contribution is 2.35. The van der Waals surface area contributed by atoms with Crippen LogP contribution in [0.3, 0.4) is 0 Å². The van der Waals surface area contributed by atoms with Crippen LogP contribution in [0.5, 0.6) is 0 Å². The van der Waals surface area contributed by atoms with E-state index in [1.54, 1.807) is 6.92 Å². The number of carbonyl (C=O) groups excluding carboxylic acids is 6. The van der Waals surface area contributed by atoms with E-state index in [0.29, 0.717) is 0 Å². The molecule has 0 aliphatic carbocycles. The Morgan fingerprint density at radius 1 is 0.488 bits per heavy atom. The molecule has 2 heterocycles. The summed E-state index contributed by atoms with van der Waals surface area (Å²) in [6.45, 7) is 8.51. The molecule has 0 aromatic carbocycles. The van der Waals surface area contributed by atoms with E-state index in [2.05, 4.69) is 0 Å². The molecule has 2 aliphatic rings. The van der Waals surface area contributed by atoms with Crippen molar-refractivity contribution in [3.8, 4) is 0 Å². The molecule has 0 amide bonds. The Morgan fingerprint density at radius 3 is 1.20 bits per heavy atom. The van der Waals surface area contributed by atoms with Gasteiger partial charge in [-0.25, -0.2) is 0 Å². The van der Waals surface area contributed by atoms with Gasteiger partial charge in [0.05, 0.1) is 12.2 Å². The van der Waals surface area contributed by atoms with Gasteiger partial charge in [-0.05, 0) is 19.8 Å². The molecule has 15 nitrogen and oxygen atoms in total. The molecule has 0 saturated carbocycles. The van der Waals surface area contributed by atoms with Crippen LogP contribution in [-0.2, 0) is 71.4 Å². The van der Waals surface area contributed by atoms with Gasteiger partial charge in [0, 0.05) is 48.7 Å². The number of carbonyl (C=O) groups is 6. The molecular formula is C26H38O15. The SMILES string of the molecule is CO[C@H]1O[C@H](CC[C@@H]2O[C@@H](C)[C@@H](OC(C)=O)[C@@H](OC(C)=O)[C@@H]2OC(C)=O)[C@@H](OC(C)=O)[C@H](OC(C)=O)[C@H]1OC(C)=O. The van der Waals surface area contributed by atoms with Gasteiger partial charge in [0.15, 0.2) is 42.9 Å². The zero-order chi connectivity index (χ0) is 31.0. The van der Waals surface area contributed by atoms with Gasteiger partial charge >= 0.3 is 35.8 Å². The number of esters is 6. The Kier molecular flexibility index (Phi) is 12.5. The van der Waals surface area contributed by atoms with Crippen molar-refractivity contribution in [2.45, 2.75) is 123 Å². The highest BCUT2D eigenvalue weighted by molar-refractivity contribution is 5.69. The smallest absolute Gasteiger partial charge is 0.303 e. The van der Waals surface area contributed by atoms with Gasteiger partial charge in [0.25, 0.3) is 0 Å². The third kappa shape index (κ3) is 9.64. The molecule has 2 fully saturated rings. The summed E-state index contributed by atoms with van der Waals surface area (Å²) in [6, 6.07) is 0. The number of ether oxygens (including phenoxy) is 9. The molecule has 0 radical (unpaired) electrons. The van der Waals surface area contributed by atoms with E-state index < -0.39 is 97.0 Å². The molecule has 2 saturated heterocycles. The second kappa shape index (κ2) is 15.1. The summed E-state index contributed by atoms with van der Waals surface area (Å²) in [4.78, 5) is 71.5. The maximum Gasteiger partial charge on any atom is 0.303 e. The van der Waals surface area contributed by atoms with Crippen molar-refractivity contribution in [1.29, 1.82) is 0 Å². The molecule has 0 N–H and O–H groups in total.